The zero-order valence-electron chi connectivity index (χ0n) is 41.9. The van der Waals surface area contributed by atoms with E-state index in [1.54, 1.807) is 58.0 Å². The van der Waals surface area contributed by atoms with Crippen LogP contribution in [0.3, 0.4) is 0 Å². The molecule has 0 bridgehead atoms. The molecule has 408 valence electrons. The standard InChI is InChI=1S/C46H75N13O14/c1-6-23(3)34(42(69)57-35(45(72)73)24(4)7-2)56-40(67)31(22-61)55-43(70)36(25(5)62)58-41(68)32-16-12-18-59(32)44(71)29(19-26-13-9-8-10-14-26)53-38(65)28(15-11-17-51-46(49)50)52-39(66)30(21-60)54-37(64)27(47)20-33(48)63/h8-10,13-14,23-25,27-32,34-36,60-62H,6-7,11-12,15-22,47H2,1-5H3,(H2,48,63)(H,52,66)(H,53,65)(H,54,64)(H,55,70)(H,56,67)(H,57,69)(H,58,68)(H,72,73)(H4,49,50,51)/t23-,24-,25+,27-,28-,29-,30-,31-,32-,34-,35-,36-/m0/s1. The number of hydrogen-bond acceptors (Lipinski definition) is 15. The first-order valence-corrected chi connectivity index (χ1v) is 24.1. The zero-order chi connectivity index (χ0) is 55.1. The van der Waals surface area contributed by atoms with Crippen LogP contribution in [0.5, 0.6) is 0 Å². The summed E-state index contributed by atoms with van der Waals surface area (Å²) in [6.45, 7) is 5.97. The third kappa shape index (κ3) is 19.9. The molecule has 27 heteroatoms. The van der Waals surface area contributed by atoms with Crippen molar-refractivity contribution >= 4 is 65.1 Å². The second kappa shape index (κ2) is 30.8. The van der Waals surface area contributed by atoms with Gasteiger partial charge in [-0.1, -0.05) is 70.9 Å². The van der Waals surface area contributed by atoms with Gasteiger partial charge in [-0.05, 0) is 50.0 Å². The Hall–Kier alpha value is -6.97. The number of guanidine groups is 1. The average molecular weight is 1030 g/mol. The second-order valence-corrected chi connectivity index (χ2v) is 18.0. The smallest absolute Gasteiger partial charge is 0.326 e. The summed E-state index contributed by atoms with van der Waals surface area (Å²) in [6.07, 6.45) is -1.20. The molecule has 0 saturated carbocycles. The van der Waals surface area contributed by atoms with Crippen LogP contribution in [-0.4, -0.2) is 177 Å². The fraction of sp³-hybridized carbons (Fsp3) is 0.630. The monoisotopic (exact) mass is 1030 g/mol. The molecular formula is C46H75N13O14. The lowest BCUT2D eigenvalue weighted by molar-refractivity contribution is -0.144. The minimum atomic E-state index is -1.76. The lowest BCUT2D eigenvalue weighted by atomic mass is 9.95. The molecule has 73 heavy (non-hydrogen) atoms. The summed E-state index contributed by atoms with van der Waals surface area (Å²) in [6, 6.07) is -4.80. The van der Waals surface area contributed by atoms with Crippen molar-refractivity contribution in [3.63, 3.8) is 0 Å². The van der Waals surface area contributed by atoms with Crippen molar-refractivity contribution < 1.29 is 68.4 Å². The molecule has 1 heterocycles. The van der Waals surface area contributed by atoms with E-state index in [0.29, 0.717) is 18.4 Å². The van der Waals surface area contributed by atoms with Gasteiger partial charge < -0.3 is 85.5 Å². The summed E-state index contributed by atoms with van der Waals surface area (Å²) in [5, 5.41) is 57.6. The Morgan fingerprint density at radius 2 is 1.19 bits per heavy atom. The number of likely N-dealkylation sites (tertiary alicyclic amines) is 1. The van der Waals surface area contributed by atoms with E-state index in [4.69, 9.17) is 22.9 Å². The third-order valence-corrected chi connectivity index (χ3v) is 12.3. The highest BCUT2D eigenvalue weighted by Gasteiger charge is 2.41. The van der Waals surface area contributed by atoms with Crippen molar-refractivity contribution in [3.05, 3.63) is 35.9 Å². The molecule has 19 N–H and O–H groups in total. The molecule has 1 aliphatic heterocycles. The van der Waals surface area contributed by atoms with Gasteiger partial charge in [-0.15, -0.1) is 0 Å². The number of benzene rings is 1. The summed E-state index contributed by atoms with van der Waals surface area (Å²) in [5.41, 5.74) is 22.3. The summed E-state index contributed by atoms with van der Waals surface area (Å²) in [4.78, 5) is 138. The number of carbonyl (C=O) groups excluding carboxylic acids is 9. The molecule has 1 saturated heterocycles. The van der Waals surface area contributed by atoms with Crippen molar-refractivity contribution in [2.75, 3.05) is 26.3 Å². The molecule has 2 rings (SSSR count). The number of aliphatic imine (C=N–C) groups is 1. The maximum Gasteiger partial charge on any atom is 0.326 e. The van der Waals surface area contributed by atoms with Crippen LogP contribution in [0.25, 0.3) is 0 Å². The van der Waals surface area contributed by atoms with E-state index in [1.807, 2.05) is 0 Å². The lowest BCUT2D eigenvalue weighted by Crippen LogP contribution is -2.62. The van der Waals surface area contributed by atoms with Crippen LogP contribution in [0.4, 0.5) is 0 Å². The van der Waals surface area contributed by atoms with E-state index in [2.05, 4.69) is 42.2 Å². The number of carboxylic acid groups (broad SMARTS) is 1. The van der Waals surface area contributed by atoms with Crippen LogP contribution in [0, 0.1) is 11.8 Å². The van der Waals surface area contributed by atoms with Crippen molar-refractivity contribution in [2.24, 2.45) is 39.8 Å². The van der Waals surface area contributed by atoms with E-state index >= 15 is 0 Å². The van der Waals surface area contributed by atoms with Gasteiger partial charge in [-0.25, -0.2) is 4.79 Å². The molecule has 1 aliphatic rings. The minimum Gasteiger partial charge on any atom is -0.480 e. The average Bonchev–Trinajstić information content (AvgIpc) is 3.84. The topological polar surface area (TPSA) is 456 Å². The van der Waals surface area contributed by atoms with E-state index in [0.717, 1.165) is 0 Å². The molecule has 0 aromatic heterocycles. The first-order chi connectivity index (χ1) is 34.4. The number of carbonyl (C=O) groups is 10. The number of aliphatic hydroxyl groups is 3. The van der Waals surface area contributed by atoms with Crippen molar-refractivity contribution in [3.8, 4) is 0 Å². The van der Waals surface area contributed by atoms with E-state index in [-0.39, 0.29) is 51.2 Å². The van der Waals surface area contributed by atoms with E-state index in [9.17, 15) is 68.4 Å². The first-order valence-electron chi connectivity index (χ1n) is 24.1. The van der Waals surface area contributed by atoms with Gasteiger partial charge in [-0.3, -0.25) is 48.1 Å². The number of nitrogens with two attached hydrogens (primary N) is 4. The molecule has 1 fully saturated rings. The summed E-state index contributed by atoms with van der Waals surface area (Å²) < 4.78 is 0. The van der Waals surface area contributed by atoms with Crippen molar-refractivity contribution in [1.82, 2.24) is 42.1 Å². The predicted molar refractivity (Wildman–Crippen MR) is 262 cm³/mol. The predicted octanol–water partition coefficient (Wildman–Crippen LogP) is -5.59. The summed E-state index contributed by atoms with van der Waals surface area (Å²) >= 11 is 0. The van der Waals surface area contributed by atoms with Gasteiger partial charge in [0, 0.05) is 19.5 Å². The highest BCUT2D eigenvalue weighted by molar-refractivity contribution is 5.99. The van der Waals surface area contributed by atoms with Gasteiger partial charge in [-0.2, -0.15) is 0 Å². The Labute approximate surface area is 423 Å². The second-order valence-electron chi connectivity index (χ2n) is 18.0. The number of carboxylic acids is 1. The molecule has 0 spiro atoms. The molecular weight excluding hydrogens is 959 g/mol. The Balaban J connectivity index is 2.38. The largest absolute Gasteiger partial charge is 0.480 e. The molecule has 12 atom stereocenters. The fourth-order valence-electron chi connectivity index (χ4n) is 7.64. The van der Waals surface area contributed by atoms with Crippen LogP contribution in [0.2, 0.25) is 0 Å². The van der Waals surface area contributed by atoms with Crippen LogP contribution < -0.4 is 60.2 Å². The lowest BCUT2D eigenvalue weighted by Gasteiger charge is -2.31. The molecule has 0 radical (unpaired) electrons. The quantitative estimate of drug-likeness (QED) is 0.0187. The number of hydrogen-bond donors (Lipinski definition) is 15. The van der Waals surface area contributed by atoms with Gasteiger partial charge in [0.25, 0.3) is 0 Å². The molecule has 1 aromatic carbocycles. The maximum absolute atomic E-state index is 14.6. The number of aliphatic carboxylic acids is 1. The summed E-state index contributed by atoms with van der Waals surface area (Å²) in [5.74, 6) is -11.0. The highest BCUT2D eigenvalue weighted by Crippen LogP contribution is 2.21. The Bertz CT molecular complexity index is 2090. The molecule has 9 amide bonds. The minimum absolute atomic E-state index is 0.000320. The Morgan fingerprint density at radius 1 is 0.685 bits per heavy atom. The molecule has 1 aromatic rings. The van der Waals surface area contributed by atoms with Crippen molar-refractivity contribution in [1.29, 1.82) is 0 Å². The SMILES string of the molecule is CC[C@H](C)[C@H](NC(=O)[C@@H](NC(=O)[C@H](CO)NC(=O)[C@@H](NC(=O)[C@@H]1CCCN1C(=O)[C@H](Cc1ccccc1)NC(=O)[C@H](CCCN=C(N)N)NC(=O)[C@H](CO)NC(=O)[C@@H](N)CC(N)=O)[C@@H](C)O)[C@@H](C)CC)C(=O)O. The van der Waals surface area contributed by atoms with Gasteiger partial charge in [0.15, 0.2) is 5.96 Å². The number of nitrogens with zero attached hydrogens (tertiary/aromatic N) is 2. The maximum atomic E-state index is 14.6. The third-order valence-electron chi connectivity index (χ3n) is 12.3. The summed E-state index contributed by atoms with van der Waals surface area (Å²) in [7, 11) is 0. The normalized spacial score (nSPS) is 17.7. The fourth-order valence-corrected chi connectivity index (χ4v) is 7.64. The number of nitrogens with one attached hydrogen (secondary N) is 7. The number of aliphatic hydroxyl groups excluding tert-OH is 3. The Kier molecular flexibility index (Phi) is 26.2. The van der Waals surface area contributed by atoms with Gasteiger partial charge in [0.05, 0.1) is 31.8 Å². The van der Waals surface area contributed by atoms with Crippen LogP contribution in [0.1, 0.15) is 85.1 Å². The van der Waals surface area contributed by atoms with E-state index < -0.39 is 151 Å². The van der Waals surface area contributed by atoms with Gasteiger partial charge in [0.1, 0.15) is 48.3 Å². The van der Waals surface area contributed by atoms with Crippen LogP contribution >= 0.6 is 0 Å². The zero-order valence-corrected chi connectivity index (χ0v) is 41.9. The van der Waals surface area contributed by atoms with Crippen molar-refractivity contribution in [2.45, 2.75) is 146 Å². The Morgan fingerprint density at radius 3 is 1.73 bits per heavy atom. The van der Waals surface area contributed by atoms with Crippen LogP contribution in [-0.2, 0) is 54.4 Å². The van der Waals surface area contributed by atoms with Crippen LogP contribution in [0.15, 0.2) is 35.3 Å². The molecule has 0 aliphatic carbocycles. The van der Waals surface area contributed by atoms with Gasteiger partial charge in [0.2, 0.25) is 53.2 Å². The molecule has 0 unspecified atom stereocenters. The number of primary amides is 1. The highest BCUT2D eigenvalue weighted by atomic mass is 16.4. The molecule has 27 nitrogen and oxygen atoms in total. The number of rotatable bonds is 31. The first kappa shape index (κ1) is 62.1. The van der Waals surface area contributed by atoms with E-state index in [1.165, 1.54) is 11.8 Å². The van der Waals surface area contributed by atoms with Gasteiger partial charge >= 0.3 is 5.97 Å². The number of amides is 9.